The number of hydrogen-bond donors (Lipinski definition) is 2. The van der Waals surface area contributed by atoms with E-state index in [1.165, 1.54) is 18.3 Å². The van der Waals surface area contributed by atoms with Crippen molar-refractivity contribution >= 4 is 37.5 Å². The van der Waals surface area contributed by atoms with E-state index in [2.05, 4.69) is 26.2 Å². The molecule has 1 aromatic heterocycles. The average Bonchev–Trinajstić information content (AvgIpc) is 2.40. The summed E-state index contributed by atoms with van der Waals surface area (Å²) >= 11 is 3.24. The maximum absolute atomic E-state index is 12.2. The van der Waals surface area contributed by atoms with Crippen molar-refractivity contribution in [1.82, 2.24) is 4.98 Å². The number of nitrogens with two attached hydrogens (primary N) is 1. The molecule has 0 bridgehead atoms. The van der Waals surface area contributed by atoms with Crippen LogP contribution in [-0.2, 0) is 10.0 Å². The zero-order chi connectivity index (χ0) is 15.6. The van der Waals surface area contributed by atoms with E-state index in [9.17, 15) is 13.2 Å². The summed E-state index contributed by atoms with van der Waals surface area (Å²) in [4.78, 5) is 16.1. The number of amides is 1. The number of halogens is 1. The first-order valence-corrected chi connectivity index (χ1v) is 8.18. The molecule has 1 amide bonds. The number of aromatic nitrogens is 1. The molecule has 0 saturated heterocycles. The molecule has 0 atom stereocenters. The highest BCUT2D eigenvalue weighted by Gasteiger charge is 2.15. The highest BCUT2D eigenvalue weighted by Crippen LogP contribution is 2.21. The number of hydrogen-bond acceptors (Lipinski definition) is 4. The molecule has 0 aliphatic carbocycles. The van der Waals surface area contributed by atoms with Gasteiger partial charge in [-0.05, 0) is 52.7 Å². The number of nitrogens with one attached hydrogen (secondary N) is 1. The van der Waals surface area contributed by atoms with Crippen molar-refractivity contribution in [3.05, 3.63) is 52.3 Å². The number of aryl methyl sites for hydroxylation is 1. The molecule has 0 saturated carbocycles. The van der Waals surface area contributed by atoms with Crippen molar-refractivity contribution in [3.8, 4) is 0 Å². The third kappa shape index (κ3) is 3.66. The molecular weight excluding hydrogens is 358 g/mol. The van der Waals surface area contributed by atoms with Gasteiger partial charge in [0, 0.05) is 16.4 Å². The molecule has 110 valence electrons. The predicted molar refractivity (Wildman–Crippen MR) is 82.4 cm³/mol. The molecule has 0 fully saturated rings. The van der Waals surface area contributed by atoms with Crippen LogP contribution in [0.25, 0.3) is 0 Å². The number of carbonyl (C=O) groups is 1. The predicted octanol–water partition coefficient (Wildman–Crippen LogP) is 2.05. The molecule has 1 heterocycles. The molecular formula is C13H12BrN3O3S. The van der Waals surface area contributed by atoms with E-state index in [1.807, 2.05) is 0 Å². The van der Waals surface area contributed by atoms with Gasteiger partial charge < -0.3 is 5.32 Å². The molecule has 6 nitrogen and oxygen atoms in total. The van der Waals surface area contributed by atoms with Crippen molar-refractivity contribution in [3.63, 3.8) is 0 Å². The Hall–Kier alpha value is -1.77. The maximum atomic E-state index is 12.2. The first-order chi connectivity index (χ1) is 9.79. The number of sulfonamides is 1. The Morgan fingerprint density at radius 2 is 2.05 bits per heavy atom. The molecule has 0 aliphatic rings. The van der Waals surface area contributed by atoms with Crippen LogP contribution in [0.15, 0.2) is 45.9 Å². The van der Waals surface area contributed by atoms with Gasteiger partial charge in [-0.2, -0.15) is 0 Å². The third-order valence-corrected chi connectivity index (χ3v) is 4.31. The summed E-state index contributed by atoms with van der Waals surface area (Å²) in [5.41, 5.74) is 1.28. The minimum absolute atomic E-state index is 0.0662. The van der Waals surface area contributed by atoms with Gasteiger partial charge in [-0.15, -0.1) is 0 Å². The van der Waals surface area contributed by atoms with Crippen LogP contribution in [-0.4, -0.2) is 19.3 Å². The second-order valence-electron chi connectivity index (χ2n) is 4.31. The summed E-state index contributed by atoms with van der Waals surface area (Å²) in [6.45, 7) is 1.75. The molecule has 0 aliphatic heterocycles. The van der Waals surface area contributed by atoms with Crippen molar-refractivity contribution in [2.24, 2.45) is 5.14 Å². The first kappa shape index (κ1) is 15.6. The van der Waals surface area contributed by atoms with Gasteiger partial charge in [-0.1, -0.05) is 6.07 Å². The lowest BCUT2D eigenvalue weighted by atomic mass is 10.2. The van der Waals surface area contributed by atoms with Gasteiger partial charge in [-0.3, -0.25) is 4.79 Å². The Morgan fingerprint density at radius 3 is 2.67 bits per heavy atom. The lowest BCUT2D eigenvalue weighted by molar-refractivity contribution is 0.102. The molecule has 21 heavy (non-hydrogen) atoms. The maximum Gasteiger partial charge on any atom is 0.275 e. The largest absolute Gasteiger partial charge is 0.320 e. The Balaban J connectivity index is 2.36. The minimum Gasteiger partial charge on any atom is -0.320 e. The number of pyridine rings is 1. The summed E-state index contributed by atoms with van der Waals surface area (Å²) in [7, 11) is -3.83. The number of nitrogens with zero attached hydrogens (tertiary/aromatic N) is 1. The van der Waals surface area contributed by atoms with Gasteiger partial charge >= 0.3 is 0 Å². The monoisotopic (exact) mass is 369 g/mol. The Kier molecular flexibility index (Phi) is 4.40. The van der Waals surface area contributed by atoms with Crippen LogP contribution in [0.5, 0.6) is 0 Å². The van der Waals surface area contributed by atoms with Crippen LogP contribution in [0.1, 0.15) is 16.1 Å². The molecule has 0 unspecified atom stereocenters. The van der Waals surface area contributed by atoms with Crippen LogP contribution < -0.4 is 10.5 Å². The zero-order valence-corrected chi connectivity index (χ0v) is 13.4. The van der Waals surface area contributed by atoms with E-state index in [1.54, 1.807) is 25.1 Å². The normalized spacial score (nSPS) is 11.2. The minimum atomic E-state index is -3.83. The van der Waals surface area contributed by atoms with Crippen molar-refractivity contribution in [1.29, 1.82) is 0 Å². The Labute approximate surface area is 130 Å². The standard InChI is InChI=1S/C13H12BrN3O3S/c1-8-4-5-9(21(15,19)20)7-11(8)17-13(18)12-10(14)3-2-6-16-12/h2-7H,1H3,(H,17,18)(H2,15,19,20). The second kappa shape index (κ2) is 5.92. The number of benzene rings is 1. The fourth-order valence-electron chi connectivity index (χ4n) is 1.65. The first-order valence-electron chi connectivity index (χ1n) is 5.84. The molecule has 3 N–H and O–H groups in total. The third-order valence-electron chi connectivity index (χ3n) is 2.76. The summed E-state index contributed by atoms with van der Waals surface area (Å²) in [6, 6.07) is 7.66. The van der Waals surface area contributed by atoms with Crippen molar-refractivity contribution in [2.75, 3.05) is 5.32 Å². The lowest BCUT2D eigenvalue weighted by Gasteiger charge is -2.10. The fourth-order valence-corrected chi connectivity index (χ4v) is 2.62. The Bertz CT molecular complexity index is 806. The van der Waals surface area contributed by atoms with E-state index in [0.717, 1.165) is 0 Å². The molecule has 1 aromatic carbocycles. The van der Waals surface area contributed by atoms with Crippen LogP contribution in [0.3, 0.4) is 0 Å². The number of anilines is 1. The topological polar surface area (TPSA) is 102 Å². The SMILES string of the molecule is Cc1ccc(S(N)(=O)=O)cc1NC(=O)c1ncccc1Br. The van der Waals surface area contributed by atoms with Crippen molar-refractivity contribution < 1.29 is 13.2 Å². The van der Waals surface area contributed by atoms with Gasteiger partial charge in [-0.25, -0.2) is 18.5 Å². The summed E-state index contributed by atoms with van der Waals surface area (Å²) in [6.07, 6.45) is 1.49. The Morgan fingerprint density at radius 1 is 1.33 bits per heavy atom. The highest BCUT2D eigenvalue weighted by atomic mass is 79.9. The zero-order valence-electron chi connectivity index (χ0n) is 11.0. The van der Waals surface area contributed by atoms with Crippen LogP contribution >= 0.6 is 15.9 Å². The van der Waals surface area contributed by atoms with E-state index in [4.69, 9.17) is 5.14 Å². The summed E-state index contributed by atoms with van der Waals surface area (Å²) in [5, 5.41) is 7.71. The molecule has 8 heteroatoms. The summed E-state index contributed by atoms with van der Waals surface area (Å²) < 4.78 is 23.2. The van der Waals surface area contributed by atoms with Gasteiger partial charge in [0.1, 0.15) is 5.69 Å². The van der Waals surface area contributed by atoms with Gasteiger partial charge in [0.15, 0.2) is 0 Å². The quantitative estimate of drug-likeness (QED) is 0.863. The molecule has 0 spiro atoms. The number of rotatable bonds is 3. The average molecular weight is 370 g/mol. The van der Waals surface area contributed by atoms with Gasteiger partial charge in [0.25, 0.3) is 5.91 Å². The molecule has 0 radical (unpaired) electrons. The smallest absolute Gasteiger partial charge is 0.275 e. The molecule has 2 aromatic rings. The van der Waals surface area contributed by atoms with Gasteiger partial charge in [0.2, 0.25) is 10.0 Å². The van der Waals surface area contributed by atoms with Crippen LogP contribution in [0.4, 0.5) is 5.69 Å². The number of carbonyl (C=O) groups excluding carboxylic acids is 1. The second-order valence-corrected chi connectivity index (χ2v) is 6.73. The van der Waals surface area contributed by atoms with E-state index in [0.29, 0.717) is 15.7 Å². The van der Waals surface area contributed by atoms with E-state index in [-0.39, 0.29) is 10.6 Å². The van der Waals surface area contributed by atoms with Gasteiger partial charge in [0.05, 0.1) is 4.90 Å². The number of primary sulfonamides is 1. The van der Waals surface area contributed by atoms with Crippen molar-refractivity contribution in [2.45, 2.75) is 11.8 Å². The lowest BCUT2D eigenvalue weighted by Crippen LogP contribution is -2.17. The van der Waals surface area contributed by atoms with E-state index < -0.39 is 15.9 Å². The fraction of sp³-hybridized carbons (Fsp3) is 0.0769. The van der Waals surface area contributed by atoms with Crippen LogP contribution in [0.2, 0.25) is 0 Å². The van der Waals surface area contributed by atoms with E-state index >= 15 is 0 Å². The van der Waals surface area contributed by atoms with Crippen LogP contribution in [0, 0.1) is 6.92 Å². The highest BCUT2D eigenvalue weighted by molar-refractivity contribution is 9.10. The molecule has 2 rings (SSSR count). The summed E-state index contributed by atoms with van der Waals surface area (Å²) in [5.74, 6) is -0.447.